The average Bonchev–Trinajstić information content (AvgIpc) is 2.33. The molecule has 0 saturated heterocycles. The van der Waals surface area contributed by atoms with E-state index in [0.29, 0.717) is 5.56 Å². The lowest BCUT2D eigenvalue weighted by Gasteiger charge is -2.13. The summed E-state index contributed by atoms with van der Waals surface area (Å²) in [7, 11) is -3.92. The average molecular weight is 295 g/mol. The van der Waals surface area contributed by atoms with Crippen LogP contribution in [0.2, 0.25) is 0 Å². The lowest BCUT2D eigenvalue weighted by atomic mass is 10.1. The molecule has 0 unspecified atom stereocenters. The van der Waals surface area contributed by atoms with Crippen molar-refractivity contribution < 1.29 is 12.8 Å². The topological polar surface area (TPSA) is 85.1 Å². The second-order valence-electron chi connectivity index (χ2n) is 4.38. The van der Waals surface area contributed by atoms with E-state index in [1.54, 1.807) is 19.9 Å². The van der Waals surface area contributed by atoms with Gasteiger partial charge in [-0.05, 0) is 43.2 Å². The molecule has 2 rings (SSSR count). The van der Waals surface area contributed by atoms with Gasteiger partial charge in [0.1, 0.15) is 10.7 Å². The number of benzene rings is 1. The minimum absolute atomic E-state index is 0.0106. The van der Waals surface area contributed by atoms with E-state index in [0.717, 1.165) is 11.6 Å². The van der Waals surface area contributed by atoms with Gasteiger partial charge in [-0.1, -0.05) is 12.1 Å². The van der Waals surface area contributed by atoms with Gasteiger partial charge in [0.2, 0.25) is 5.95 Å². The highest BCUT2D eigenvalue weighted by Gasteiger charge is 2.21. The summed E-state index contributed by atoms with van der Waals surface area (Å²) in [6.07, 6.45) is 0. The van der Waals surface area contributed by atoms with Crippen molar-refractivity contribution in [3.63, 3.8) is 0 Å². The van der Waals surface area contributed by atoms with Gasteiger partial charge >= 0.3 is 0 Å². The number of nitrogens with one attached hydrogen (secondary N) is 1. The number of nitrogen functional groups attached to an aromatic ring is 1. The Morgan fingerprint density at radius 3 is 2.55 bits per heavy atom. The first-order valence-corrected chi connectivity index (χ1v) is 7.30. The van der Waals surface area contributed by atoms with Crippen molar-refractivity contribution in [2.24, 2.45) is 0 Å². The summed E-state index contributed by atoms with van der Waals surface area (Å²) in [5.41, 5.74) is 7.23. The lowest BCUT2D eigenvalue weighted by molar-refractivity contribution is 0.584. The Bertz CT molecular complexity index is 760. The number of aryl methyl sites for hydroxylation is 1. The highest BCUT2D eigenvalue weighted by molar-refractivity contribution is 7.93. The van der Waals surface area contributed by atoms with Crippen LogP contribution >= 0.6 is 0 Å². The zero-order valence-corrected chi connectivity index (χ0v) is 11.8. The van der Waals surface area contributed by atoms with Crippen molar-refractivity contribution >= 4 is 21.5 Å². The number of aromatic nitrogens is 1. The minimum atomic E-state index is -3.92. The summed E-state index contributed by atoms with van der Waals surface area (Å²) in [6, 6.07) is 7.12. The van der Waals surface area contributed by atoms with Gasteiger partial charge in [0, 0.05) is 0 Å². The molecule has 0 atom stereocenters. The summed E-state index contributed by atoms with van der Waals surface area (Å²) < 4.78 is 39.9. The second kappa shape index (κ2) is 5.09. The summed E-state index contributed by atoms with van der Waals surface area (Å²) in [5.74, 6) is -0.857. The number of nitrogens with two attached hydrogens (primary N) is 1. The molecule has 1 aromatic heterocycles. The third kappa shape index (κ3) is 2.72. The number of hydrogen-bond acceptors (Lipinski definition) is 4. The predicted molar refractivity (Wildman–Crippen MR) is 75.3 cm³/mol. The second-order valence-corrected chi connectivity index (χ2v) is 6.00. The SMILES string of the molecule is Cc1ccc(N)c(S(=O)(=O)Nc2cccc(F)n2)c1C. The van der Waals surface area contributed by atoms with Gasteiger partial charge in [-0.15, -0.1) is 0 Å². The van der Waals surface area contributed by atoms with E-state index >= 15 is 0 Å². The molecule has 1 heterocycles. The van der Waals surface area contributed by atoms with Crippen molar-refractivity contribution in [2.75, 3.05) is 10.5 Å². The van der Waals surface area contributed by atoms with E-state index < -0.39 is 16.0 Å². The monoisotopic (exact) mass is 295 g/mol. The normalized spacial score (nSPS) is 11.3. The number of sulfonamides is 1. The minimum Gasteiger partial charge on any atom is -0.398 e. The fourth-order valence-electron chi connectivity index (χ4n) is 1.82. The maximum Gasteiger partial charge on any atom is 0.265 e. The van der Waals surface area contributed by atoms with Crippen LogP contribution in [0.25, 0.3) is 0 Å². The Labute approximate surface area is 116 Å². The van der Waals surface area contributed by atoms with Crippen LogP contribution in [-0.2, 0) is 10.0 Å². The van der Waals surface area contributed by atoms with Crippen LogP contribution in [0.3, 0.4) is 0 Å². The van der Waals surface area contributed by atoms with Gasteiger partial charge in [0.05, 0.1) is 5.69 Å². The highest BCUT2D eigenvalue weighted by Crippen LogP contribution is 2.26. The molecule has 0 spiro atoms. The van der Waals surface area contributed by atoms with Crippen molar-refractivity contribution in [1.29, 1.82) is 0 Å². The molecule has 7 heteroatoms. The van der Waals surface area contributed by atoms with Crippen molar-refractivity contribution in [1.82, 2.24) is 4.98 Å². The molecule has 0 aliphatic heterocycles. The standard InChI is InChI=1S/C13H14FN3O2S/c1-8-6-7-10(15)13(9(8)2)20(18,19)17-12-5-3-4-11(14)16-12/h3-7H,15H2,1-2H3,(H,16,17). The molecule has 5 nitrogen and oxygen atoms in total. The summed E-state index contributed by atoms with van der Waals surface area (Å²) >= 11 is 0. The maximum atomic E-state index is 13.0. The van der Waals surface area contributed by atoms with Crippen LogP contribution < -0.4 is 10.5 Å². The molecule has 0 aliphatic rings. The Morgan fingerprint density at radius 1 is 1.20 bits per heavy atom. The van der Waals surface area contributed by atoms with Gasteiger partial charge in [0.25, 0.3) is 10.0 Å². The summed E-state index contributed by atoms with van der Waals surface area (Å²) in [4.78, 5) is 3.46. The Morgan fingerprint density at radius 2 is 1.90 bits per heavy atom. The van der Waals surface area contributed by atoms with E-state index in [-0.39, 0.29) is 16.4 Å². The van der Waals surface area contributed by atoms with Gasteiger partial charge < -0.3 is 5.73 Å². The van der Waals surface area contributed by atoms with E-state index in [9.17, 15) is 12.8 Å². The van der Waals surface area contributed by atoms with E-state index in [1.807, 2.05) is 0 Å². The number of hydrogen-bond donors (Lipinski definition) is 2. The molecular weight excluding hydrogens is 281 g/mol. The summed E-state index contributed by atoms with van der Waals surface area (Å²) in [5, 5.41) is 0. The molecule has 0 radical (unpaired) electrons. The number of halogens is 1. The lowest BCUT2D eigenvalue weighted by Crippen LogP contribution is -2.17. The van der Waals surface area contributed by atoms with Gasteiger partial charge in [0.15, 0.2) is 0 Å². The van der Waals surface area contributed by atoms with Crippen molar-refractivity contribution in [3.8, 4) is 0 Å². The van der Waals surface area contributed by atoms with Gasteiger partial charge in [-0.2, -0.15) is 4.39 Å². The molecule has 2 aromatic rings. The maximum absolute atomic E-state index is 13.0. The zero-order chi connectivity index (χ0) is 14.9. The van der Waals surface area contributed by atoms with Crippen LogP contribution in [-0.4, -0.2) is 13.4 Å². The largest absolute Gasteiger partial charge is 0.398 e. The van der Waals surface area contributed by atoms with Gasteiger partial charge in [-0.25, -0.2) is 13.4 Å². The van der Waals surface area contributed by atoms with Crippen molar-refractivity contribution in [2.45, 2.75) is 18.7 Å². The first kappa shape index (κ1) is 14.3. The van der Waals surface area contributed by atoms with Crippen LogP contribution in [0.1, 0.15) is 11.1 Å². The number of rotatable bonds is 3. The molecule has 3 N–H and O–H groups in total. The number of anilines is 2. The van der Waals surface area contributed by atoms with Crippen molar-refractivity contribution in [3.05, 3.63) is 47.4 Å². The van der Waals surface area contributed by atoms with Crippen LogP contribution in [0, 0.1) is 19.8 Å². The molecule has 1 aromatic carbocycles. The molecule has 20 heavy (non-hydrogen) atoms. The van der Waals surface area contributed by atoms with E-state index in [1.165, 1.54) is 18.2 Å². The molecule has 106 valence electrons. The highest BCUT2D eigenvalue weighted by atomic mass is 32.2. The molecule has 0 bridgehead atoms. The Hall–Kier alpha value is -2.15. The predicted octanol–water partition coefficient (Wildman–Crippen LogP) is 2.22. The fourth-order valence-corrected chi connectivity index (χ4v) is 3.26. The Kier molecular flexibility index (Phi) is 3.63. The molecular formula is C13H14FN3O2S. The van der Waals surface area contributed by atoms with E-state index in [2.05, 4.69) is 9.71 Å². The molecule has 0 amide bonds. The van der Waals surface area contributed by atoms with Crippen LogP contribution in [0.4, 0.5) is 15.9 Å². The smallest absolute Gasteiger partial charge is 0.265 e. The Balaban J connectivity index is 2.49. The van der Waals surface area contributed by atoms with E-state index in [4.69, 9.17) is 5.73 Å². The molecule has 0 fully saturated rings. The van der Waals surface area contributed by atoms with Gasteiger partial charge in [-0.3, -0.25) is 4.72 Å². The quantitative estimate of drug-likeness (QED) is 0.671. The summed E-state index contributed by atoms with van der Waals surface area (Å²) in [6.45, 7) is 3.45. The first-order valence-electron chi connectivity index (χ1n) is 5.82. The third-order valence-electron chi connectivity index (χ3n) is 2.93. The number of nitrogens with zero attached hydrogens (tertiary/aromatic N) is 1. The fraction of sp³-hybridized carbons (Fsp3) is 0.154. The van der Waals surface area contributed by atoms with Crippen LogP contribution in [0.5, 0.6) is 0 Å². The zero-order valence-electron chi connectivity index (χ0n) is 11.0. The molecule has 0 aliphatic carbocycles. The van der Waals surface area contributed by atoms with Crippen LogP contribution in [0.15, 0.2) is 35.2 Å². The third-order valence-corrected chi connectivity index (χ3v) is 4.49. The number of pyridine rings is 1. The molecule has 0 saturated carbocycles. The first-order chi connectivity index (χ1) is 9.31.